The number of rotatable bonds is 4. The van der Waals surface area contributed by atoms with Gasteiger partial charge >= 0.3 is 0 Å². The van der Waals surface area contributed by atoms with Gasteiger partial charge < -0.3 is 4.74 Å². The van der Waals surface area contributed by atoms with Crippen LogP contribution in [0.5, 0.6) is 0 Å². The van der Waals surface area contributed by atoms with Gasteiger partial charge in [0, 0.05) is 6.61 Å². The van der Waals surface area contributed by atoms with Crippen LogP contribution < -0.4 is 0 Å². The SMILES string of the molecule is CC(C#N)COCCC(C)(C)C. The first-order valence-corrected chi connectivity index (χ1v) is 4.43. The Morgan fingerprint density at radius 2 is 2.00 bits per heavy atom. The van der Waals surface area contributed by atoms with Crippen LogP contribution in [0.3, 0.4) is 0 Å². The molecule has 0 heterocycles. The first-order valence-electron chi connectivity index (χ1n) is 4.43. The van der Waals surface area contributed by atoms with Crippen LogP contribution in [0.4, 0.5) is 0 Å². The Kier molecular flexibility index (Phi) is 4.92. The van der Waals surface area contributed by atoms with Crippen molar-refractivity contribution in [2.24, 2.45) is 11.3 Å². The highest BCUT2D eigenvalue weighted by Gasteiger charge is 2.09. The summed E-state index contributed by atoms with van der Waals surface area (Å²) in [6.07, 6.45) is 1.05. The molecule has 0 aromatic rings. The van der Waals surface area contributed by atoms with Crippen molar-refractivity contribution in [3.8, 4) is 6.07 Å². The molecule has 0 amide bonds. The fourth-order valence-electron chi connectivity index (χ4n) is 0.676. The third-order valence-electron chi connectivity index (χ3n) is 1.58. The molecule has 0 N–H and O–H groups in total. The number of ether oxygens (including phenoxy) is 1. The lowest BCUT2D eigenvalue weighted by Crippen LogP contribution is -2.12. The summed E-state index contributed by atoms with van der Waals surface area (Å²) in [6, 6.07) is 2.14. The van der Waals surface area contributed by atoms with Crippen molar-refractivity contribution in [1.82, 2.24) is 0 Å². The van der Waals surface area contributed by atoms with Gasteiger partial charge in [0.05, 0.1) is 18.6 Å². The fraction of sp³-hybridized carbons (Fsp3) is 0.900. The van der Waals surface area contributed by atoms with Crippen LogP contribution in [0.1, 0.15) is 34.1 Å². The summed E-state index contributed by atoms with van der Waals surface area (Å²) in [5.41, 5.74) is 0.329. The van der Waals surface area contributed by atoms with Crippen molar-refractivity contribution in [3.05, 3.63) is 0 Å². The van der Waals surface area contributed by atoms with Crippen molar-refractivity contribution in [3.63, 3.8) is 0 Å². The van der Waals surface area contributed by atoms with Crippen molar-refractivity contribution in [1.29, 1.82) is 5.26 Å². The predicted molar refractivity (Wildman–Crippen MR) is 49.7 cm³/mol. The van der Waals surface area contributed by atoms with Gasteiger partial charge in [0.15, 0.2) is 0 Å². The first-order chi connectivity index (χ1) is 5.45. The normalized spacial score (nSPS) is 13.9. The van der Waals surface area contributed by atoms with Gasteiger partial charge in [-0.25, -0.2) is 0 Å². The molecule has 1 atom stereocenters. The van der Waals surface area contributed by atoms with E-state index in [0.717, 1.165) is 13.0 Å². The van der Waals surface area contributed by atoms with Crippen molar-refractivity contribution < 1.29 is 4.74 Å². The minimum Gasteiger partial charge on any atom is -0.380 e. The topological polar surface area (TPSA) is 33.0 Å². The molecule has 0 aromatic heterocycles. The van der Waals surface area contributed by atoms with E-state index in [0.29, 0.717) is 12.0 Å². The van der Waals surface area contributed by atoms with Crippen LogP contribution in [-0.4, -0.2) is 13.2 Å². The highest BCUT2D eigenvalue weighted by atomic mass is 16.5. The molecule has 70 valence electrons. The molecule has 0 aliphatic heterocycles. The van der Waals surface area contributed by atoms with Crippen LogP contribution in [-0.2, 0) is 4.74 Å². The average Bonchev–Trinajstić information content (AvgIpc) is 1.96. The number of nitrogens with zero attached hydrogens (tertiary/aromatic N) is 1. The molecule has 1 unspecified atom stereocenters. The average molecular weight is 169 g/mol. The molecule has 2 heteroatoms. The number of hydrogen-bond donors (Lipinski definition) is 0. The fourth-order valence-corrected chi connectivity index (χ4v) is 0.676. The van der Waals surface area contributed by atoms with Crippen molar-refractivity contribution >= 4 is 0 Å². The lowest BCUT2D eigenvalue weighted by atomic mass is 9.93. The molecule has 0 bridgehead atoms. The summed E-state index contributed by atoms with van der Waals surface area (Å²) in [6.45, 7) is 9.75. The highest BCUT2D eigenvalue weighted by Crippen LogP contribution is 2.17. The molecule has 0 radical (unpaired) electrons. The van der Waals surface area contributed by atoms with Crippen molar-refractivity contribution in [2.45, 2.75) is 34.1 Å². The second kappa shape index (κ2) is 5.16. The van der Waals surface area contributed by atoms with Gasteiger partial charge in [-0.3, -0.25) is 0 Å². The van der Waals surface area contributed by atoms with E-state index in [9.17, 15) is 0 Å². The quantitative estimate of drug-likeness (QED) is 0.606. The lowest BCUT2D eigenvalue weighted by Gasteiger charge is -2.17. The zero-order chi connectivity index (χ0) is 9.61. The second-order valence-corrected chi connectivity index (χ2v) is 4.42. The molecular weight excluding hydrogens is 150 g/mol. The summed E-state index contributed by atoms with van der Waals surface area (Å²) in [5, 5.41) is 8.46. The van der Waals surface area contributed by atoms with Crippen LogP contribution in [0.2, 0.25) is 0 Å². The van der Waals surface area contributed by atoms with E-state index in [2.05, 4.69) is 26.8 Å². The molecule has 0 aliphatic rings. The summed E-state index contributed by atoms with van der Waals surface area (Å²) in [7, 11) is 0. The molecule has 2 nitrogen and oxygen atoms in total. The summed E-state index contributed by atoms with van der Waals surface area (Å²) < 4.78 is 5.34. The maximum atomic E-state index is 8.46. The van der Waals surface area contributed by atoms with Crippen LogP contribution in [0.15, 0.2) is 0 Å². The zero-order valence-electron chi connectivity index (χ0n) is 8.55. The van der Waals surface area contributed by atoms with E-state index in [-0.39, 0.29) is 5.92 Å². The zero-order valence-corrected chi connectivity index (χ0v) is 8.55. The second-order valence-electron chi connectivity index (χ2n) is 4.42. The number of hydrogen-bond acceptors (Lipinski definition) is 2. The summed E-state index contributed by atoms with van der Waals surface area (Å²) >= 11 is 0. The predicted octanol–water partition coefficient (Wildman–Crippen LogP) is 2.60. The van der Waals surface area contributed by atoms with E-state index in [4.69, 9.17) is 10.00 Å². The first kappa shape index (κ1) is 11.4. The Morgan fingerprint density at radius 3 is 2.42 bits per heavy atom. The Labute approximate surface area is 75.5 Å². The van der Waals surface area contributed by atoms with Crippen LogP contribution in [0.25, 0.3) is 0 Å². The smallest absolute Gasteiger partial charge is 0.0677 e. The maximum Gasteiger partial charge on any atom is 0.0677 e. The van der Waals surface area contributed by atoms with Crippen LogP contribution >= 0.6 is 0 Å². The Hall–Kier alpha value is -0.550. The monoisotopic (exact) mass is 169 g/mol. The van der Waals surface area contributed by atoms with E-state index < -0.39 is 0 Å². The lowest BCUT2D eigenvalue weighted by molar-refractivity contribution is 0.0954. The largest absolute Gasteiger partial charge is 0.380 e. The molecule has 0 spiro atoms. The minimum absolute atomic E-state index is 0.0185. The van der Waals surface area contributed by atoms with E-state index in [1.165, 1.54) is 0 Å². The molecule has 0 fully saturated rings. The molecule has 0 aliphatic carbocycles. The summed E-state index contributed by atoms with van der Waals surface area (Å²) in [4.78, 5) is 0. The Morgan fingerprint density at radius 1 is 1.42 bits per heavy atom. The molecule has 0 saturated carbocycles. The molecule has 12 heavy (non-hydrogen) atoms. The maximum absolute atomic E-state index is 8.46. The van der Waals surface area contributed by atoms with E-state index >= 15 is 0 Å². The van der Waals surface area contributed by atoms with E-state index in [1.54, 1.807) is 0 Å². The highest BCUT2D eigenvalue weighted by molar-refractivity contribution is 4.77. The third kappa shape index (κ3) is 7.56. The van der Waals surface area contributed by atoms with Gasteiger partial charge in [-0.2, -0.15) is 5.26 Å². The molecule has 0 rings (SSSR count). The Bertz CT molecular complexity index is 152. The van der Waals surface area contributed by atoms with Gasteiger partial charge in [-0.1, -0.05) is 20.8 Å². The van der Waals surface area contributed by atoms with Gasteiger partial charge in [-0.15, -0.1) is 0 Å². The van der Waals surface area contributed by atoms with Gasteiger partial charge in [0.2, 0.25) is 0 Å². The molecular formula is C10H19NO. The van der Waals surface area contributed by atoms with Gasteiger partial charge in [0.1, 0.15) is 0 Å². The van der Waals surface area contributed by atoms with E-state index in [1.807, 2.05) is 6.92 Å². The molecule has 0 aromatic carbocycles. The van der Waals surface area contributed by atoms with Gasteiger partial charge in [0.25, 0.3) is 0 Å². The Balaban J connectivity index is 3.29. The molecule has 0 saturated heterocycles. The summed E-state index contributed by atoms with van der Waals surface area (Å²) in [5.74, 6) is 0.0185. The third-order valence-corrected chi connectivity index (χ3v) is 1.58. The minimum atomic E-state index is 0.0185. The standard InChI is InChI=1S/C10H19NO/c1-9(7-11)8-12-6-5-10(2,3)4/h9H,5-6,8H2,1-4H3. The number of nitriles is 1. The van der Waals surface area contributed by atoms with Crippen molar-refractivity contribution in [2.75, 3.05) is 13.2 Å². The van der Waals surface area contributed by atoms with Crippen LogP contribution in [0, 0.1) is 22.7 Å². The van der Waals surface area contributed by atoms with Gasteiger partial charge in [-0.05, 0) is 18.8 Å².